The molecular weight excluding hydrogens is 243 g/mol. The first-order chi connectivity index (χ1) is 7.99. The standard InChI is InChI=1S/C11H9O5P/c12-7-9-3-1-2-8-6-10(4-5-11(8)9)16-17(13,14)15/h1-7H,(H2,13,14,15). The zero-order valence-electron chi connectivity index (χ0n) is 8.61. The van der Waals surface area contributed by atoms with Gasteiger partial charge in [-0.15, -0.1) is 0 Å². The second-order valence-corrected chi connectivity index (χ2v) is 4.59. The Hall–Kier alpha value is -1.68. The van der Waals surface area contributed by atoms with Crippen LogP contribution in [0.15, 0.2) is 36.4 Å². The van der Waals surface area contributed by atoms with Crippen molar-refractivity contribution in [3.05, 3.63) is 42.0 Å². The molecule has 0 aromatic heterocycles. The van der Waals surface area contributed by atoms with E-state index in [1.165, 1.54) is 12.1 Å². The highest BCUT2D eigenvalue weighted by Gasteiger charge is 2.15. The summed E-state index contributed by atoms with van der Waals surface area (Å²) < 4.78 is 15.1. The minimum absolute atomic E-state index is 0.0638. The lowest BCUT2D eigenvalue weighted by atomic mass is 10.1. The number of hydrogen-bond acceptors (Lipinski definition) is 3. The second kappa shape index (κ2) is 4.30. The van der Waals surface area contributed by atoms with Crippen molar-refractivity contribution >= 4 is 24.9 Å². The highest BCUT2D eigenvalue weighted by atomic mass is 31.2. The zero-order chi connectivity index (χ0) is 12.5. The molecule has 0 bridgehead atoms. The van der Waals surface area contributed by atoms with Gasteiger partial charge in [-0.2, -0.15) is 0 Å². The minimum atomic E-state index is -4.55. The number of hydrogen-bond donors (Lipinski definition) is 2. The van der Waals surface area contributed by atoms with Gasteiger partial charge in [0.2, 0.25) is 0 Å². The van der Waals surface area contributed by atoms with E-state index in [1.54, 1.807) is 24.3 Å². The Kier molecular flexibility index (Phi) is 2.98. The van der Waals surface area contributed by atoms with Crippen molar-refractivity contribution in [2.75, 3.05) is 0 Å². The lowest BCUT2D eigenvalue weighted by Gasteiger charge is -2.08. The predicted octanol–water partition coefficient (Wildman–Crippen LogP) is 2.12. The molecule has 2 aromatic rings. The van der Waals surface area contributed by atoms with Gasteiger partial charge < -0.3 is 4.52 Å². The second-order valence-electron chi connectivity index (χ2n) is 3.43. The Morgan fingerprint density at radius 1 is 1.18 bits per heavy atom. The van der Waals surface area contributed by atoms with Crippen LogP contribution in [0.5, 0.6) is 5.75 Å². The van der Waals surface area contributed by atoms with E-state index in [0.29, 0.717) is 16.3 Å². The molecular formula is C11H9O5P. The molecule has 88 valence electrons. The molecule has 5 nitrogen and oxygen atoms in total. The Bertz CT molecular complexity index is 616. The van der Waals surface area contributed by atoms with Crippen LogP contribution in [-0.2, 0) is 4.57 Å². The van der Waals surface area contributed by atoms with E-state index in [1.807, 2.05) is 0 Å². The Morgan fingerprint density at radius 3 is 2.59 bits per heavy atom. The van der Waals surface area contributed by atoms with Gasteiger partial charge in [0.1, 0.15) is 5.75 Å². The van der Waals surface area contributed by atoms with E-state index in [2.05, 4.69) is 4.52 Å². The molecule has 0 saturated heterocycles. The topological polar surface area (TPSA) is 83.8 Å². The molecule has 6 heteroatoms. The van der Waals surface area contributed by atoms with Crippen LogP contribution in [0.3, 0.4) is 0 Å². The molecule has 0 atom stereocenters. The van der Waals surface area contributed by atoms with E-state index in [0.717, 1.165) is 6.29 Å². The lowest BCUT2D eigenvalue weighted by Crippen LogP contribution is -1.90. The summed E-state index contributed by atoms with van der Waals surface area (Å²) in [4.78, 5) is 28.1. The number of aldehydes is 1. The number of carbonyl (C=O) groups excluding carboxylic acids is 1. The molecule has 2 rings (SSSR count). The molecule has 0 aliphatic rings. The molecule has 0 amide bonds. The van der Waals surface area contributed by atoms with Gasteiger partial charge >= 0.3 is 7.82 Å². The lowest BCUT2D eigenvalue weighted by molar-refractivity contribution is 0.112. The fourth-order valence-electron chi connectivity index (χ4n) is 1.58. The molecule has 0 saturated carbocycles. The third-order valence-corrected chi connectivity index (χ3v) is 2.69. The van der Waals surface area contributed by atoms with Crippen molar-refractivity contribution in [2.24, 2.45) is 0 Å². The maximum absolute atomic E-state index is 10.8. The Morgan fingerprint density at radius 2 is 1.94 bits per heavy atom. The first kappa shape index (κ1) is 11.8. The Labute approximate surface area is 96.9 Å². The Balaban J connectivity index is 2.52. The molecule has 0 fully saturated rings. The smallest absolute Gasteiger partial charge is 0.404 e. The SMILES string of the molecule is O=Cc1cccc2cc(OP(=O)(O)O)ccc12. The number of benzene rings is 2. The summed E-state index contributed by atoms with van der Waals surface area (Å²) >= 11 is 0. The highest BCUT2D eigenvalue weighted by Crippen LogP contribution is 2.38. The molecule has 0 aliphatic carbocycles. The fourth-order valence-corrected chi connectivity index (χ4v) is 1.97. The fraction of sp³-hybridized carbons (Fsp3) is 0. The molecule has 17 heavy (non-hydrogen) atoms. The number of phosphoric ester groups is 1. The van der Waals surface area contributed by atoms with Crippen molar-refractivity contribution in [2.45, 2.75) is 0 Å². The first-order valence-electron chi connectivity index (χ1n) is 4.73. The summed E-state index contributed by atoms with van der Waals surface area (Å²) in [5.41, 5.74) is 0.519. The van der Waals surface area contributed by atoms with Crippen LogP contribution in [0.1, 0.15) is 10.4 Å². The van der Waals surface area contributed by atoms with Crippen molar-refractivity contribution in [3.8, 4) is 5.75 Å². The molecule has 0 aliphatic heterocycles. The third-order valence-electron chi connectivity index (χ3n) is 2.24. The van der Waals surface area contributed by atoms with E-state index in [4.69, 9.17) is 9.79 Å². The van der Waals surface area contributed by atoms with Gasteiger partial charge in [-0.05, 0) is 29.0 Å². The van der Waals surface area contributed by atoms with Gasteiger partial charge in [0, 0.05) is 5.56 Å². The quantitative estimate of drug-likeness (QED) is 0.645. The summed E-state index contributed by atoms with van der Waals surface area (Å²) in [6.45, 7) is 0. The van der Waals surface area contributed by atoms with Crippen molar-refractivity contribution < 1.29 is 23.7 Å². The molecule has 0 unspecified atom stereocenters. The van der Waals surface area contributed by atoms with Crippen molar-refractivity contribution in [1.82, 2.24) is 0 Å². The van der Waals surface area contributed by atoms with Gasteiger partial charge in [0.15, 0.2) is 6.29 Å². The van der Waals surface area contributed by atoms with Gasteiger partial charge in [0.25, 0.3) is 0 Å². The van der Waals surface area contributed by atoms with E-state index < -0.39 is 7.82 Å². The molecule has 2 N–H and O–H groups in total. The van der Waals surface area contributed by atoms with Gasteiger partial charge in [0.05, 0.1) is 0 Å². The van der Waals surface area contributed by atoms with Crippen LogP contribution >= 0.6 is 7.82 Å². The molecule has 2 aromatic carbocycles. The van der Waals surface area contributed by atoms with E-state index >= 15 is 0 Å². The normalized spacial score (nSPS) is 11.4. The summed E-state index contributed by atoms with van der Waals surface area (Å²) in [5.74, 6) is 0.0638. The average Bonchev–Trinajstić information content (AvgIpc) is 2.25. The summed E-state index contributed by atoms with van der Waals surface area (Å²) in [6.07, 6.45) is 0.728. The average molecular weight is 252 g/mol. The molecule has 0 heterocycles. The number of carbonyl (C=O) groups is 1. The summed E-state index contributed by atoms with van der Waals surface area (Å²) in [5, 5.41) is 1.39. The van der Waals surface area contributed by atoms with Gasteiger partial charge in [-0.3, -0.25) is 14.6 Å². The number of rotatable bonds is 3. The monoisotopic (exact) mass is 252 g/mol. The molecule has 0 radical (unpaired) electrons. The minimum Gasteiger partial charge on any atom is -0.404 e. The predicted molar refractivity (Wildman–Crippen MR) is 62.0 cm³/mol. The summed E-state index contributed by atoms with van der Waals surface area (Å²) in [6, 6.07) is 9.56. The van der Waals surface area contributed by atoms with Gasteiger partial charge in [-0.1, -0.05) is 18.2 Å². The van der Waals surface area contributed by atoms with Crippen LogP contribution in [0.25, 0.3) is 10.8 Å². The molecule has 0 spiro atoms. The third kappa shape index (κ3) is 2.71. The van der Waals surface area contributed by atoms with E-state index in [-0.39, 0.29) is 5.75 Å². The van der Waals surface area contributed by atoms with Crippen LogP contribution in [0.4, 0.5) is 0 Å². The number of fused-ring (bicyclic) bond motifs is 1. The van der Waals surface area contributed by atoms with Crippen LogP contribution < -0.4 is 4.52 Å². The maximum Gasteiger partial charge on any atom is 0.524 e. The van der Waals surface area contributed by atoms with Gasteiger partial charge in [-0.25, -0.2) is 4.57 Å². The maximum atomic E-state index is 10.8. The van der Waals surface area contributed by atoms with Crippen LogP contribution in [-0.4, -0.2) is 16.1 Å². The summed E-state index contributed by atoms with van der Waals surface area (Å²) in [7, 11) is -4.55. The van der Waals surface area contributed by atoms with E-state index in [9.17, 15) is 9.36 Å². The van der Waals surface area contributed by atoms with Crippen LogP contribution in [0, 0.1) is 0 Å². The first-order valence-corrected chi connectivity index (χ1v) is 6.26. The number of phosphoric acid groups is 1. The highest BCUT2D eigenvalue weighted by molar-refractivity contribution is 7.46. The van der Waals surface area contributed by atoms with Crippen molar-refractivity contribution in [3.63, 3.8) is 0 Å². The largest absolute Gasteiger partial charge is 0.524 e. The van der Waals surface area contributed by atoms with Crippen molar-refractivity contribution in [1.29, 1.82) is 0 Å². The van der Waals surface area contributed by atoms with Crippen LogP contribution in [0.2, 0.25) is 0 Å². The zero-order valence-corrected chi connectivity index (χ0v) is 9.50.